The van der Waals surface area contributed by atoms with Gasteiger partial charge in [0.1, 0.15) is 5.76 Å². The second kappa shape index (κ2) is 8.26. The predicted octanol–water partition coefficient (Wildman–Crippen LogP) is 3.43. The van der Waals surface area contributed by atoms with Crippen molar-refractivity contribution in [2.45, 2.75) is 39.0 Å². The Labute approximate surface area is 161 Å². The molecule has 0 aliphatic carbocycles. The minimum atomic E-state index is 0.176. The van der Waals surface area contributed by atoms with Crippen LogP contribution < -0.4 is 5.32 Å². The fourth-order valence-corrected chi connectivity index (χ4v) is 4.49. The second-order valence-electron chi connectivity index (χ2n) is 7.87. The maximum atomic E-state index is 12.8. The van der Waals surface area contributed by atoms with Gasteiger partial charge in [-0.05, 0) is 69.7 Å². The SMILES string of the molecule is Cc1oc(-c2ccccc2)nc1CC(=O)N1CCC(C2CCNCC2)CC1. The molecule has 144 valence electrons. The van der Waals surface area contributed by atoms with E-state index in [2.05, 4.69) is 10.3 Å². The molecule has 1 N–H and O–H groups in total. The van der Waals surface area contributed by atoms with Crippen LogP contribution in [-0.4, -0.2) is 42.0 Å². The van der Waals surface area contributed by atoms with Crippen LogP contribution in [-0.2, 0) is 11.2 Å². The van der Waals surface area contributed by atoms with Gasteiger partial charge in [0.2, 0.25) is 11.8 Å². The van der Waals surface area contributed by atoms with Crippen LogP contribution in [0.4, 0.5) is 0 Å². The lowest BCUT2D eigenvalue weighted by Crippen LogP contribution is -2.42. The Hall–Kier alpha value is -2.14. The van der Waals surface area contributed by atoms with Crippen molar-refractivity contribution in [3.05, 3.63) is 41.8 Å². The lowest BCUT2D eigenvalue weighted by Gasteiger charge is -2.37. The van der Waals surface area contributed by atoms with E-state index in [-0.39, 0.29) is 5.91 Å². The number of aryl methyl sites for hydroxylation is 1. The zero-order chi connectivity index (χ0) is 18.6. The summed E-state index contributed by atoms with van der Waals surface area (Å²) >= 11 is 0. The Bertz CT molecular complexity index is 757. The van der Waals surface area contributed by atoms with Gasteiger partial charge in [-0.2, -0.15) is 0 Å². The summed E-state index contributed by atoms with van der Waals surface area (Å²) in [5.74, 6) is 3.14. The van der Waals surface area contributed by atoms with E-state index < -0.39 is 0 Å². The zero-order valence-electron chi connectivity index (χ0n) is 16.1. The van der Waals surface area contributed by atoms with Gasteiger partial charge in [-0.15, -0.1) is 0 Å². The molecule has 2 aliphatic heterocycles. The van der Waals surface area contributed by atoms with Crippen molar-refractivity contribution in [3.63, 3.8) is 0 Å². The first-order valence-electron chi connectivity index (χ1n) is 10.2. The van der Waals surface area contributed by atoms with Crippen molar-refractivity contribution in [3.8, 4) is 11.5 Å². The number of likely N-dealkylation sites (tertiary alicyclic amines) is 1. The molecule has 1 amide bonds. The van der Waals surface area contributed by atoms with Crippen LogP contribution in [0, 0.1) is 18.8 Å². The molecule has 1 aromatic heterocycles. The van der Waals surface area contributed by atoms with Crippen molar-refractivity contribution in [2.24, 2.45) is 11.8 Å². The highest BCUT2D eigenvalue weighted by atomic mass is 16.4. The first-order chi connectivity index (χ1) is 13.2. The van der Waals surface area contributed by atoms with Crippen LogP contribution in [0.1, 0.15) is 37.1 Å². The van der Waals surface area contributed by atoms with Gasteiger partial charge in [0.25, 0.3) is 0 Å². The van der Waals surface area contributed by atoms with Gasteiger partial charge in [0.15, 0.2) is 0 Å². The fourth-order valence-electron chi connectivity index (χ4n) is 4.49. The Morgan fingerprint density at radius 1 is 1.11 bits per heavy atom. The molecule has 5 heteroatoms. The van der Waals surface area contributed by atoms with Gasteiger partial charge in [-0.25, -0.2) is 4.98 Å². The summed E-state index contributed by atoms with van der Waals surface area (Å²) in [5, 5.41) is 3.45. The number of amides is 1. The third-order valence-corrected chi connectivity index (χ3v) is 6.17. The predicted molar refractivity (Wildman–Crippen MR) is 105 cm³/mol. The molecule has 0 spiro atoms. The number of nitrogens with zero attached hydrogens (tertiary/aromatic N) is 2. The highest BCUT2D eigenvalue weighted by Gasteiger charge is 2.29. The molecule has 5 nitrogen and oxygen atoms in total. The number of carbonyl (C=O) groups is 1. The molecule has 27 heavy (non-hydrogen) atoms. The molecular weight excluding hydrogens is 338 g/mol. The van der Waals surface area contributed by atoms with E-state index in [1.54, 1.807) is 0 Å². The zero-order valence-corrected chi connectivity index (χ0v) is 16.1. The quantitative estimate of drug-likeness (QED) is 0.899. The van der Waals surface area contributed by atoms with Crippen molar-refractivity contribution in [1.29, 1.82) is 0 Å². The number of nitrogens with one attached hydrogen (secondary N) is 1. The Balaban J connectivity index is 1.34. The molecular formula is C22H29N3O2. The number of aromatic nitrogens is 1. The lowest BCUT2D eigenvalue weighted by atomic mass is 9.79. The summed E-state index contributed by atoms with van der Waals surface area (Å²) in [5.41, 5.74) is 1.71. The van der Waals surface area contributed by atoms with Gasteiger partial charge in [0.05, 0.1) is 12.1 Å². The van der Waals surface area contributed by atoms with Crippen molar-refractivity contribution in [2.75, 3.05) is 26.2 Å². The van der Waals surface area contributed by atoms with E-state index in [1.165, 1.54) is 12.8 Å². The molecule has 2 aromatic rings. The normalized spacial score (nSPS) is 19.4. The summed E-state index contributed by atoms with van der Waals surface area (Å²) in [6, 6.07) is 9.85. The third kappa shape index (κ3) is 4.24. The average molecular weight is 367 g/mol. The molecule has 2 fully saturated rings. The Kier molecular flexibility index (Phi) is 5.58. The standard InChI is InChI=1S/C22H29N3O2/c1-16-20(24-22(27-16)19-5-3-2-4-6-19)15-21(26)25-13-9-18(10-14-25)17-7-11-23-12-8-17/h2-6,17-18,23H,7-15H2,1H3. The average Bonchev–Trinajstić information content (AvgIpc) is 3.10. The number of piperidine rings is 2. The number of carbonyl (C=O) groups excluding carboxylic acids is 1. The number of oxazole rings is 1. The number of hydrogen-bond acceptors (Lipinski definition) is 4. The Morgan fingerprint density at radius 2 is 1.78 bits per heavy atom. The first kappa shape index (κ1) is 18.2. The molecule has 1 aromatic carbocycles. The molecule has 0 atom stereocenters. The highest BCUT2D eigenvalue weighted by molar-refractivity contribution is 5.78. The molecule has 0 saturated carbocycles. The molecule has 0 bridgehead atoms. The summed E-state index contributed by atoms with van der Waals surface area (Å²) in [6.45, 7) is 5.97. The maximum absolute atomic E-state index is 12.8. The van der Waals surface area contributed by atoms with E-state index in [9.17, 15) is 4.79 Å². The topological polar surface area (TPSA) is 58.4 Å². The molecule has 0 radical (unpaired) electrons. The van der Waals surface area contributed by atoms with Gasteiger partial charge >= 0.3 is 0 Å². The largest absolute Gasteiger partial charge is 0.441 e. The van der Waals surface area contributed by atoms with E-state index in [1.807, 2.05) is 42.2 Å². The summed E-state index contributed by atoms with van der Waals surface area (Å²) in [7, 11) is 0. The molecule has 3 heterocycles. The Morgan fingerprint density at radius 3 is 2.48 bits per heavy atom. The van der Waals surface area contributed by atoms with E-state index in [0.717, 1.165) is 67.9 Å². The highest BCUT2D eigenvalue weighted by Crippen LogP contribution is 2.31. The van der Waals surface area contributed by atoms with Crippen LogP contribution in [0.25, 0.3) is 11.5 Å². The van der Waals surface area contributed by atoms with Gasteiger partial charge < -0.3 is 14.6 Å². The van der Waals surface area contributed by atoms with Crippen molar-refractivity contribution >= 4 is 5.91 Å². The number of benzene rings is 1. The van der Waals surface area contributed by atoms with Gasteiger partial charge in [0, 0.05) is 18.7 Å². The summed E-state index contributed by atoms with van der Waals surface area (Å²) < 4.78 is 5.80. The van der Waals surface area contributed by atoms with Gasteiger partial charge in [-0.1, -0.05) is 18.2 Å². The summed E-state index contributed by atoms with van der Waals surface area (Å²) in [6.07, 6.45) is 5.20. The molecule has 0 unspecified atom stereocenters. The minimum absolute atomic E-state index is 0.176. The smallest absolute Gasteiger partial charge is 0.228 e. The first-order valence-corrected chi connectivity index (χ1v) is 10.2. The maximum Gasteiger partial charge on any atom is 0.228 e. The van der Waals surface area contributed by atoms with E-state index >= 15 is 0 Å². The lowest BCUT2D eigenvalue weighted by molar-refractivity contribution is -0.132. The molecule has 2 saturated heterocycles. The molecule has 4 rings (SSSR count). The number of hydrogen-bond donors (Lipinski definition) is 1. The van der Waals surface area contributed by atoms with Crippen molar-refractivity contribution in [1.82, 2.24) is 15.2 Å². The van der Waals surface area contributed by atoms with Crippen LogP contribution in [0.3, 0.4) is 0 Å². The van der Waals surface area contributed by atoms with Crippen molar-refractivity contribution < 1.29 is 9.21 Å². The summed E-state index contributed by atoms with van der Waals surface area (Å²) in [4.78, 5) is 19.4. The van der Waals surface area contributed by atoms with Crippen LogP contribution in [0.5, 0.6) is 0 Å². The second-order valence-corrected chi connectivity index (χ2v) is 7.87. The molecule has 2 aliphatic rings. The van der Waals surface area contributed by atoms with E-state index in [0.29, 0.717) is 12.3 Å². The van der Waals surface area contributed by atoms with Crippen LogP contribution >= 0.6 is 0 Å². The van der Waals surface area contributed by atoms with Crippen LogP contribution in [0.2, 0.25) is 0 Å². The van der Waals surface area contributed by atoms with Crippen LogP contribution in [0.15, 0.2) is 34.7 Å². The fraction of sp³-hybridized carbons (Fsp3) is 0.545. The third-order valence-electron chi connectivity index (χ3n) is 6.17. The van der Waals surface area contributed by atoms with E-state index in [4.69, 9.17) is 4.42 Å². The minimum Gasteiger partial charge on any atom is -0.441 e. The monoisotopic (exact) mass is 367 g/mol. The van der Waals surface area contributed by atoms with Gasteiger partial charge in [-0.3, -0.25) is 4.79 Å². The number of rotatable bonds is 4.